The SMILES string of the molecule is COc1ccc(COc2ccc(C(C)N)cc2Cl)cc1Br. The zero-order valence-corrected chi connectivity index (χ0v) is 14.2. The van der Waals surface area contributed by atoms with E-state index in [0.717, 1.165) is 21.3 Å². The molecule has 0 heterocycles. The van der Waals surface area contributed by atoms with E-state index in [1.165, 1.54) is 0 Å². The Hall–Kier alpha value is -1.23. The molecule has 2 aromatic rings. The zero-order valence-electron chi connectivity index (χ0n) is 11.9. The molecule has 2 rings (SSSR count). The second-order valence-corrected chi connectivity index (χ2v) is 6.00. The first-order valence-corrected chi connectivity index (χ1v) is 7.68. The molecule has 0 saturated heterocycles. The highest BCUT2D eigenvalue weighted by molar-refractivity contribution is 9.10. The summed E-state index contributed by atoms with van der Waals surface area (Å²) in [7, 11) is 1.63. The van der Waals surface area contributed by atoms with Crippen molar-refractivity contribution in [1.29, 1.82) is 0 Å². The maximum atomic E-state index is 6.21. The van der Waals surface area contributed by atoms with Gasteiger partial charge in [0.1, 0.15) is 18.1 Å². The molecule has 0 fully saturated rings. The fraction of sp³-hybridized carbons (Fsp3) is 0.250. The van der Waals surface area contributed by atoms with E-state index in [2.05, 4.69) is 15.9 Å². The number of hydrogen-bond acceptors (Lipinski definition) is 3. The molecule has 0 amide bonds. The Morgan fingerprint density at radius 1 is 1.19 bits per heavy atom. The molecule has 1 atom stereocenters. The van der Waals surface area contributed by atoms with Gasteiger partial charge in [0.25, 0.3) is 0 Å². The van der Waals surface area contributed by atoms with Gasteiger partial charge in [-0.2, -0.15) is 0 Å². The van der Waals surface area contributed by atoms with Crippen molar-refractivity contribution in [2.45, 2.75) is 19.6 Å². The smallest absolute Gasteiger partial charge is 0.138 e. The highest BCUT2D eigenvalue weighted by Gasteiger charge is 2.07. The van der Waals surface area contributed by atoms with Crippen molar-refractivity contribution >= 4 is 27.5 Å². The first-order valence-electron chi connectivity index (χ1n) is 6.51. The Morgan fingerprint density at radius 2 is 1.90 bits per heavy atom. The summed E-state index contributed by atoms with van der Waals surface area (Å²) in [4.78, 5) is 0. The van der Waals surface area contributed by atoms with Crippen LogP contribution in [-0.4, -0.2) is 7.11 Å². The van der Waals surface area contributed by atoms with E-state index in [1.807, 2.05) is 43.3 Å². The van der Waals surface area contributed by atoms with Crippen LogP contribution in [0.2, 0.25) is 5.02 Å². The first-order chi connectivity index (χ1) is 10.0. The minimum absolute atomic E-state index is 0.0471. The van der Waals surface area contributed by atoms with Gasteiger partial charge in [0.2, 0.25) is 0 Å². The number of ether oxygens (including phenoxy) is 2. The summed E-state index contributed by atoms with van der Waals surface area (Å²) in [6, 6.07) is 11.4. The lowest BCUT2D eigenvalue weighted by Gasteiger charge is -2.12. The fourth-order valence-electron chi connectivity index (χ4n) is 1.88. The zero-order chi connectivity index (χ0) is 15.4. The van der Waals surface area contributed by atoms with Crippen LogP contribution in [0.15, 0.2) is 40.9 Å². The highest BCUT2D eigenvalue weighted by atomic mass is 79.9. The highest BCUT2D eigenvalue weighted by Crippen LogP contribution is 2.29. The molecule has 3 nitrogen and oxygen atoms in total. The van der Waals surface area contributed by atoms with E-state index in [-0.39, 0.29) is 6.04 Å². The third-order valence-electron chi connectivity index (χ3n) is 3.09. The van der Waals surface area contributed by atoms with Crippen molar-refractivity contribution < 1.29 is 9.47 Å². The van der Waals surface area contributed by atoms with Gasteiger partial charge in [-0.15, -0.1) is 0 Å². The Bertz CT molecular complexity index is 632. The van der Waals surface area contributed by atoms with Crippen molar-refractivity contribution in [3.05, 3.63) is 57.0 Å². The van der Waals surface area contributed by atoms with Crippen LogP contribution in [-0.2, 0) is 6.61 Å². The summed E-state index contributed by atoms with van der Waals surface area (Å²) >= 11 is 9.66. The third-order valence-corrected chi connectivity index (χ3v) is 4.01. The van der Waals surface area contributed by atoms with Crippen molar-refractivity contribution in [3.63, 3.8) is 0 Å². The van der Waals surface area contributed by atoms with Crippen molar-refractivity contribution in [1.82, 2.24) is 0 Å². The minimum Gasteiger partial charge on any atom is -0.496 e. The molecule has 0 aliphatic carbocycles. The van der Waals surface area contributed by atoms with Gasteiger partial charge >= 0.3 is 0 Å². The van der Waals surface area contributed by atoms with Gasteiger partial charge in [-0.1, -0.05) is 23.7 Å². The molecular formula is C16H17BrClNO2. The lowest BCUT2D eigenvalue weighted by atomic mass is 10.1. The number of rotatable bonds is 5. The van der Waals surface area contributed by atoms with Crippen LogP contribution in [0, 0.1) is 0 Å². The predicted octanol–water partition coefficient (Wildman–Crippen LogP) is 4.71. The van der Waals surface area contributed by atoms with E-state index in [9.17, 15) is 0 Å². The van der Waals surface area contributed by atoms with Crippen molar-refractivity contribution in [2.75, 3.05) is 7.11 Å². The van der Waals surface area contributed by atoms with E-state index >= 15 is 0 Å². The summed E-state index contributed by atoms with van der Waals surface area (Å²) in [5, 5.41) is 0.567. The Balaban J connectivity index is 2.08. The van der Waals surface area contributed by atoms with E-state index < -0.39 is 0 Å². The van der Waals surface area contributed by atoms with Gasteiger partial charge in [-0.3, -0.25) is 0 Å². The van der Waals surface area contributed by atoms with Gasteiger partial charge < -0.3 is 15.2 Å². The maximum Gasteiger partial charge on any atom is 0.138 e. The number of hydrogen-bond donors (Lipinski definition) is 1. The van der Waals surface area contributed by atoms with Crippen LogP contribution in [0.3, 0.4) is 0 Å². The van der Waals surface area contributed by atoms with E-state index in [1.54, 1.807) is 7.11 Å². The standard InChI is InChI=1S/C16H17BrClNO2/c1-10(19)12-4-6-16(14(18)8-12)21-9-11-3-5-15(20-2)13(17)7-11/h3-8,10H,9,19H2,1-2H3. The molecule has 0 radical (unpaired) electrons. The molecule has 2 aromatic carbocycles. The quantitative estimate of drug-likeness (QED) is 0.829. The van der Waals surface area contributed by atoms with Crippen LogP contribution in [0.1, 0.15) is 24.1 Å². The van der Waals surface area contributed by atoms with Gasteiger partial charge in [0.05, 0.1) is 16.6 Å². The molecule has 2 N–H and O–H groups in total. The number of halogens is 2. The number of benzene rings is 2. The molecule has 0 aliphatic heterocycles. The lowest BCUT2D eigenvalue weighted by Crippen LogP contribution is -2.05. The van der Waals surface area contributed by atoms with Crippen molar-refractivity contribution in [3.8, 4) is 11.5 Å². The summed E-state index contributed by atoms with van der Waals surface area (Å²) in [5.41, 5.74) is 7.83. The van der Waals surface area contributed by atoms with E-state index in [4.69, 9.17) is 26.8 Å². The molecule has 0 aromatic heterocycles. The molecule has 5 heteroatoms. The van der Waals surface area contributed by atoms with Crippen LogP contribution in [0.4, 0.5) is 0 Å². The number of nitrogens with two attached hydrogens (primary N) is 1. The average Bonchev–Trinajstić information content (AvgIpc) is 2.46. The number of methoxy groups -OCH3 is 1. The Labute approximate surface area is 138 Å². The molecule has 112 valence electrons. The normalized spacial score (nSPS) is 12.0. The largest absolute Gasteiger partial charge is 0.496 e. The van der Waals surface area contributed by atoms with Crippen molar-refractivity contribution in [2.24, 2.45) is 5.73 Å². The van der Waals surface area contributed by atoms with E-state index in [0.29, 0.717) is 17.4 Å². The fourth-order valence-corrected chi connectivity index (χ4v) is 2.71. The maximum absolute atomic E-state index is 6.21. The van der Waals surface area contributed by atoms with Gasteiger partial charge in [-0.25, -0.2) is 0 Å². The van der Waals surface area contributed by atoms with Gasteiger partial charge in [0, 0.05) is 6.04 Å². The summed E-state index contributed by atoms with van der Waals surface area (Å²) in [5.74, 6) is 1.44. The molecule has 1 unspecified atom stereocenters. The second-order valence-electron chi connectivity index (χ2n) is 4.74. The lowest BCUT2D eigenvalue weighted by molar-refractivity contribution is 0.306. The molecule has 0 aliphatic rings. The van der Waals surface area contributed by atoms with Crippen LogP contribution in [0.25, 0.3) is 0 Å². The summed E-state index contributed by atoms with van der Waals surface area (Å²) < 4.78 is 11.8. The summed E-state index contributed by atoms with van der Waals surface area (Å²) in [6.45, 7) is 2.35. The molecule has 0 spiro atoms. The summed E-state index contributed by atoms with van der Waals surface area (Å²) in [6.07, 6.45) is 0. The Morgan fingerprint density at radius 3 is 2.48 bits per heavy atom. The topological polar surface area (TPSA) is 44.5 Å². The van der Waals surface area contributed by atoms with Crippen LogP contribution < -0.4 is 15.2 Å². The second kappa shape index (κ2) is 7.16. The molecule has 0 bridgehead atoms. The third kappa shape index (κ3) is 4.13. The van der Waals surface area contributed by atoms with Crippen LogP contribution >= 0.6 is 27.5 Å². The molecule has 21 heavy (non-hydrogen) atoms. The van der Waals surface area contributed by atoms with Gasteiger partial charge in [0.15, 0.2) is 0 Å². The minimum atomic E-state index is -0.0471. The van der Waals surface area contributed by atoms with Gasteiger partial charge in [-0.05, 0) is 58.2 Å². The van der Waals surface area contributed by atoms with Crippen LogP contribution in [0.5, 0.6) is 11.5 Å². The molecule has 0 saturated carbocycles. The Kier molecular flexibility index (Phi) is 5.51. The monoisotopic (exact) mass is 369 g/mol. The average molecular weight is 371 g/mol. The predicted molar refractivity (Wildman–Crippen MR) is 89.1 cm³/mol. The first kappa shape index (κ1) is 16.1. The molecular weight excluding hydrogens is 354 g/mol.